The lowest BCUT2D eigenvalue weighted by Crippen LogP contribution is -2.25. The largest absolute Gasteiger partial charge is 0.324 e. The van der Waals surface area contributed by atoms with Gasteiger partial charge in [0.1, 0.15) is 22.0 Å². The highest BCUT2D eigenvalue weighted by molar-refractivity contribution is 6.58. The van der Waals surface area contributed by atoms with Gasteiger partial charge in [0.05, 0.1) is 17.6 Å². The van der Waals surface area contributed by atoms with Gasteiger partial charge in [-0.05, 0) is 12.1 Å². The Labute approximate surface area is 143 Å². The van der Waals surface area contributed by atoms with Crippen LogP contribution in [0.2, 0.25) is 0 Å². The molecule has 23 heavy (non-hydrogen) atoms. The molecule has 1 aliphatic rings. The van der Waals surface area contributed by atoms with E-state index in [1.165, 1.54) is 0 Å². The number of hydrogen-bond donors (Lipinski definition) is 1. The molecule has 0 fully saturated rings. The van der Waals surface area contributed by atoms with E-state index < -0.39 is 0 Å². The van der Waals surface area contributed by atoms with Gasteiger partial charge in [-0.25, -0.2) is 4.98 Å². The zero-order valence-corrected chi connectivity index (χ0v) is 13.5. The molecule has 114 valence electrons. The molecule has 0 amide bonds. The van der Waals surface area contributed by atoms with Crippen LogP contribution in [-0.2, 0) is 6.54 Å². The number of fused-ring (bicyclic) bond motifs is 3. The third-order valence-electron chi connectivity index (χ3n) is 3.70. The van der Waals surface area contributed by atoms with Crippen molar-refractivity contribution in [3.63, 3.8) is 0 Å². The molecule has 3 aromatic rings. The SMILES string of the molecule is ClC(Cl)=C1NC(c2ccccc2)=NCc2nc3ccccc3n21. The van der Waals surface area contributed by atoms with Gasteiger partial charge in [0.25, 0.3) is 0 Å². The highest BCUT2D eigenvalue weighted by Gasteiger charge is 2.21. The normalized spacial score (nSPS) is 14.0. The maximum Gasteiger partial charge on any atom is 0.148 e. The van der Waals surface area contributed by atoms with E-state index in [-0.39, 0.29) is 4.49 Å². The second-order valence-corrected chi connectivity index (χ2v) is 6.07. The summed E-state index contributed by atoms with van der Waals surface area (Å²) < 4.78 is 2.06. The summed E-state index contributed by atoms with van der Waals surface area (Å²) in [5.41, 5.74) is 2.79. The van der Waals surface area contributed by atoms with Gasteiger partial charge in [-0.3, -0.25) is 9.56 Å². The molecule has 0 bridgehead atoms. The number of nitrogens with zero attached hydrogens (tertiary/aromatic N) is 3. The van der Waals surface area contributed by atoms with Crippen LogP contribution < -0.4 is 5.32 Å². The van der Waals surface area contributed by atoms with Crippen molar-refractivity contribution >= 4 is 45.9 Å². The molecule has 4 nitrogen and oxygen atoms in total. The van der Waals surface area contributed by atoms with E-state index in [0.29, 0.717) is 18.2 Å². The van der Waals surface area contributed by atoms with E-state index in [1.54, 1.807) is 0 Å². The predicted molar refractivity (Wildman–Crippen MR) is 94.5 cm³/mol. The number of imidazole rings is 1. The summed E-state index contributed by atoms with van der Waals surface area (Å²) in [5.74, 6) is 2.07. The van der Waals surface area contributed by atoms with Crippen LogP contribution in [0.15, 0.2) is 64.1 Å². The quantitative estimate of drug-likeness (QED) is 0.721. The molecule has 1 aromatic heterocycles. The average molecular weight is 343 g/mol. The minimum Gasteiger partial charge on any atom is -0.324 e. The van der Waals surface area contributed by atoms with Gasteiger partial charge < -0.3 is 5.32 Å². The molecule has 0 radical (unpaired) electrons. The standard InChI is InChI=1S/C17H12Cl2N4/c18-15(19)17-22-16(11-6-2-1-3-7-11)20-10-14-21-12-8-4-5-9-13(12)23(14)17/h1-9H,10H2,(H,20,22). The number of benzene rings is 2. The van der Waals surface area contributed by atoms with Crippen LogP contribution in [0.1, 0.15) is 11.4 Å². The number of rotatable bonds is 1. The van der Waals surface area contributed by atoms with Gasteiger partial charge >= 0.3 is 0 Å². The highest BCUT2D eigenvalue weighted by atomic mass is 35.5. The van der Waals surface area contributed by atoms with Gasteiger partial charge in [0, 0.05) is 5.56 Å². The van der Waals surface area contributed by atoms with Crippen LogP contribution in [0.25, 0.3) is 16.9 Å². The predicted octanol–water partition coefficient (Wildman–Crippen LogP) is 4.15. The molecule has 0 aliphatic carbocycles. The topological polar surface area (TPSA) is 42.2 Å². The van der Waals surface area contributed by atoms with Gasteiger partial charge in [-0.2, -0.15) is 0 Å². The molecule has 2 heterocycles. The van der Waals surface area contributed by atoms with Crippen molar-refractivity contribution in [1.82, 2.24) is 14.9 Å². The first-order valence-corrected chi connectivity index (χ1v) is 7.88. The molecule has 1 aliphatic heterocycles. The molecule has 0 atom stereocenters. The molecule has 0 saturated carbocycles. The lowest BCUT2D eigenvalue weighted by atomic mass is 10.2. The van der Waals surface area contributed by atoms with Crippen LogP contribution in [0.3, 0.4) is 0 Å². The average Bonchev–Trinajstić information content (AvgIpc) is 2.83. The first-order valence-electron chi connectivity index (χ1n) is 7.13. The van der Waals surface area contributed by atoms with E-state index in [1.807, 2.05) is 59.2 Å². The maximum absolute atomic E-state index is 6.15. The Hall–Kier alpha value is -2.30. The fourth-order valence-electron chi connectivity index (χ4n) is 2.68. The molecular weight excluding hydrogens is 331 g/mol. The van der Waals surface area contributed by atoms with Crippen LogP contribution >= 0.6 is 23.2 Å². The molecule has 2 aromatic carbocycles. The number of aromatic nitrogens is 2. The van der Waals surface area contributed by atoms with Crippen LogP contribution in [0.5, 0.6) is 0 Å². The van der Waals surface area contributed by atoms with Crippen molar-refractivity contribution in [1.29, 1.82) is 0 Å². The molecule has 1 N–H and O–H groups in total. The van der Waals surface area contributed by atoms with Crippen molar-refractivity contribution < 1.29 is 0 Å². The van der Waals surface area contributed by atoms with Crippen LogP contribution in [0, 0.1) is 0 Å². The summed E-state index contributed by atoms with van der Waals surface area (Å²) in [5, 5.41) is 3.25. The second kappa shape index (κ2) is 5.72. The number of para-hydroxylation sites is 2. The Morgan fingerprint density at radius 2 is 1.74 bits per heavy atom. The van der Waals surface area contributed by atoms with Crippen molar-refractivity contribution in [3.05, 3.63) is 70.5 Å². The molecular formula is C17H12Cl2N4. The summed E-state index contributed by atoms with van der Waals surface area (Å²) in [6.07, 6.45) is 0. The van der Waals surface area contributed by atoms with Gasteiger partial charge in [0.2, 0.25) is 0 Å². The van der Waals surface area contributed by atoms with E-state index in [4.69, 9.17) is 23.2 Å². The van der Waals surface area contributed by atoms with E-state index >= 15 is 0 Å². The van der Waals surface area contributed by atoms with Crippen LogP contribution in [0.4, 0.5) is 0 Å². The number of halogens is 2. The van der Waals surface area contributed by atoms with E-state index in [2.05, 4.69) is 15.3 Å². The number of amidine groups is 1. The Kier molecular flexibility index (Phi) is 3.56. The first kappa shape index (κ1) is 14.3. The molecule has 4 rings (SSSR count). The molecule has 0 unspecified atom stereocenters. The summed E-state index contributed by atoms with van der Waals surface area (Å²) >= 11 is 12.3. The zero-order valence-electron chi connectivity index (χ0n) is 12.0. The Balaban J connectivity index is 1.90. The fraction of sp³-hybridized carbons (Fsp3) is 0.0588. The first-order chi connectivity index (χ1) is 11.2. The second-order valence-electron chi connectivity index (χ2n) is 5.12. The Morgan fingerprint density at radius 1 is 1.00 bits per heavy atom. The fourth-order valence-corrected chi connectivity index (χ4v) is 2.94. The summed E-state index contributed by atoms with van der Waals surface area (Å²) in [4.78, 5) is 9.27. The highest BCUT2D eigenvalue weighted by Crippen LogP contribution is 2.27. The van der Waals surface area contributed by atoms with Crippen molar-refractivity contribution in [2.75, 3.05) is 0 Å². The lowest BCUT2D eigenvalue weighted by molar-refractivity contribution is 0.901. The Bertz CT molecular complexity index is 938. The number of hydrogen-bond acceptors (Lipinski definition) is 3. The third-order valence-corrected chi connectivity index (χ3v) is 4.05. The third kappa shape index (κ3) is 2.50. The lowest BCUT2D eigenvalue weighted by Gasteiger charge is -2.14. The summed E-state index contributed by atoms with van der Waals surface area (Å²) in [6.45, 7) is 0.441. The minimum absolute atomic E-state index is 0.139. The molecule has 0 spiro atoms. The van der Waals surface area contributed by atoms with Crippen LogP contribution in [-0.4, -0.2) is 15.4 Å². The van der Waals surface area contributed by atoms with Crippen molar-refractivity contribution in [2.45, 2.75) is 6.54 Å². The van der Waals surface area contributed by atoms with E-state index in [0.717, 1.165) is 22.4 Å². The van der Waals surface area contributed by atoms with Gasteiger partial charge in [-0.1, -0.05) is 65.7 Å². The van der Waals surface area contributed by atoms with Crippen molar-refractivity contribution in [3.8, 4) is 0 Å². The molecule has 6 heteroatoms. The summed E-state index contributed by atoms with van der Waals surface area (Å²) in [7, 11) is 0. The van der Waals surface area contributed by atoms with Crippen molar-refractivity contribution in [2.24, 2.45) is 4.99 Å². The monoisotopic (exact) mass is 342 g/mol. The maximum atomic E-state index is 6.15. The smallest absolute Gasteiger partial charge is 0.148 e. The Morgan fingerprint density at radius 3 is 2.52 bits per heavy atom. The summed E-state index contributed by atoms with van der Waals surface area (Å²) in [6, 6.07) is 17.7. The number of aliphatic imine (C=N–C) groups is 1. The number of nitrogens with one attached hydrogen (secondary N) is 1. The van der Waals surface area contributed by atoms with Gasteiger partial charge in [-0.15, -0.1) is 0 Å². The molecule has 0 saturated heterocycles. The van der Waals surface area contributed by atoms with E-state index in [9.17, 15) is 0 Å². The minimum atomic E-state index is 0.139. The zero-order chi connectivity index (χ0) is 15.8. The van der Waals surface area contributed by atoms with Gasteiger partial charge in [0.15, 0.2) is 0 Å².